The molecule has 4 nitrogen and oxygen atoms in total. The highest BCUT2D eigenvalue weighted by molar-refractivity contribution is 6.14. The number of ether oxygens (including phenoxy) is 3. The first-order valence-electron chi connectivity index (χ1n) is 15.2. The molecule has 0 spiro atoms. The second-order valence-electron chi connectivity index (χ2n) is 11.7. The van der Waals surface area contributed by atoms with Gasteiger partial charge in [-0.05, 0) is 83.9 Å². The van der Waals surface area contributed by atoms with Crippen LogP contribution in [0, 0.1) is 0 Å². The number of halogens is 6. The van der Waals surface area contributed by atoms with Crippen LogP contribution in [0.4, 0.5) is 26.3 Å². The number of aromatic hydroxyl groups is 1. The Bertz CT molecular complexity index is 2200. The van der Waals surface area contributed by atoms with Crippen LogP contribution in [0.15, 0.2) is 97.1 Å². The van der Waals surface area contributed by atoms with E-state index in [0.29, 0.717) is 27.1 Å². The molecule has 6 aromatic rings. The van der Waals surface area contributed by atoms with E-state index in [-0.39, 0.29) is 50.8 Å². The van der Waals surface area contributed by atoms with Gasteiger partial charge in [0, 0.05) is 33.4 Å². The summed E-state index contributed by atoms with van der Waals surface area (Å²) in [5.74, 6) is 0.0260. The van der Waals surface area contributed by atoms with Crippen molar-refractivity contribution in [2.75, 3.05) is 14.2 Å². The van der Waals surface area contributed by atoms with Crippen molar-refractivity contribution in [3.05, 3.63) is 108 Å². The van der Waals surface area contributed by atoms with Crippen LogP contribution >= 0.6 is 0 Å². The molecule has 49 heavy (non-hydrogen) atoms. The maximum absolute atomic E-state index is 14.0. The first-order chi connectivity index (χ1) is 23.2. The molecule has 0 unspecified atom stereocenters. The SMILES string of the molecule is COc1ccc(C(F)(F)F)cc1-c1cc2ccccc2c(-c2c(OC(C)C)c(-c3cc(C(F)(F)F)ccc3OC)cc3ccccc23)c1O. The summed E-state index contributed by atoms with van der Waals surface area (Å²) in [6, 6.07) is 23.6. The molecule has 0 heterocycles. The Kier molecular flexibility index (Phi) is 8.60. The Labute approximate surface area is 278 Å². The van der Waals surface area contributed by atoms with Crippen LogP contribution in [0.5, 0.6) is 23.0 Å². The molecule has 252 valence electrons. The lowest BCUT2D eigenvalue weighted by Gasteiger charge is -2.24. The average molecular weight is 677 g/mol. The Hall–Kier alpha value is -5.38. The van der Waals surface area contributed by atoms with E-state index in [1.54, 1.807) is 74.5 Å². The minimum Gasteiger partial charge on any atom is -0.507 e. The zero-order valence-corrected chi connectivity index (χ0v) is 26.8. The Balaban J connectivity index is 1.81. The fourth-order valence-electron chi connectivity index (χ4n) is 6.12. The molecule has 0 amide bonds. The van der Waals surface area contributed by atoms with E-state index >= 15 is 0 Å². The molecule has 6 aromatic carbocycles. The number of hydrogen-bond acceptors (Lipinski definition) is 4. The minimum atomic E-state index is -4.68. The van der Waals surface area contributed by atoms with E-state index < -0.39 is 29.6 Å². The first kappa shape index (κ1) is 33.5. The lowest BCUT2D eigenvalue weighted by Crippen LogP contribution is -2.09. The van der Waals surface area contributed by atoms with Gasteiger partial charge in [0.1, 0.15) is 23.0 Å². The summed E-state index contributed by atoms with van der Waals surface area (Å²) in [6.07, 6.45) is -9.83. The van der Waals surface area contributed by atoms with Gasteiger partial charge in [0.05, 0.1) is 31.5 Å². The number of benzene rings is 6. The zero-order chi connectivity index (χ0) is 35.2. The molecule has 6 rings (SSSR count). The molecule has 0 aliphatic carbocycles. The lowest BCUT2D eigenvalue weighted by molar-refractivity contribution is -0.138. The second kappa shape index (κ2) is 12.6. The molecule has 10 heteroatoms. The van der Waals surface area contributed by atoms with E-state index in [9.17, 15) is 31.4 Å². The summed E-state index contributed by atoms with van der Waals surface area (Å²) < 4.78 is 101. The van der Waals surface area contributed by atoms with Gasteiger partial charge in [-0.3, -0.25) is 0 Å². The van der Waals surface area contributed by atoms with E-state index in [4.69, 9.17) is 14.2 Å². The number of phenols is 1. The molecular weight excluding hydrogens is 646 g/mol. The van der Waals surface area contributed by atoms with E-state index in [1.807, 2.05) is 0 Å². The second-order valence-corrected chi connectivity index (χ2v) is 11.7. The van der Waals surface area contributed by atoms with Gasteiger partial charge in [0.2, 0.25) is 0 Å². The van der Waals surface area contributed by atoms with Gasteiger partial charge in [0.15, 0.2) is 0 Å². The Morgan fingerprint density at radius 1 is 0.551 bits per heavy atom. The molecule has 0 saturated heterocycles. The zero-order valence-electron chi connectivity index (χ0n) is 26.8. The van der Waals surface area contributed by atoms with Crippen molar-refractivity contribution >= 4 is 21.5 Å². The van der Waals surface area contributed by atoms with Crippen molar-refractivity contribution in [2.45, 2.75) is 32.3 Å². The van der Waals surface area contributed by atoms with Crippen molar-refractivity contribution in [1.29, 1.82) is 0 Å². The van der Waals surface area contributed by atoms with Gasteiger partial charge in [-0.2, -0.15) is 26.3 Å². The molecule has 0 atom stereocenters. The molecule has 0 aromatic heterocycles. The van der Waals surface area contributed by atoms with Crippen LogP contribution in [0.2, 0.25) is 0 Å². The summed E-state index contributed by atoms with van der Waals surface area (Å²) in [7, 11) is 2.67. The van der Waals surface area contributed by atoms with Gasteiger partial charge in [-0.15, -0.1) is 0 Å². The van der Waals surface area contributed by atoms with Crippen LogP contribution in [-0.2, 0) is 12.4 Å². The normalized spacial score (nSPS) is 12.1. The van der Waals surface area contributed by atoms with Gasteiger partial charge in [-0.25, -0.2) is 0 Å². The fraction of sp³-hybridized carbons (Fsp3) is 0.179. The summed E-state index contributed by atoms with van der Waals surface area (Å²) in [5.41, 5.74) is -0.887. The van der Waals surface area contributed by atoms with E-state index in [2.05, 4.69) is 0 Å². The molecule has 0 radical (unpaired) electrons. The predicted octanol–water partition coefficient (Wildman–Crippen LogP) is 11.5. The largest absolute Gasteiger partial charge is 0.507 e. The third-order valence-corrected chi connectivity index (χ3v) is 8.26. The summed E-state index contributed by atoms with van der Waals surface area (Å²) in [4.78, 5) is 0. The van der Waals surface area contributed by atoms with Crippen LogP contribution in [0.3, 0.4) is 0 Å². The van der Waals surface area contributed by atoms with Gasteiger partial charge in [-0.1, -0.05) is 48.5 Å². The molecule has 0 aliphatic heterocycles. The van der Waals surface area contributed by atoms with Gasteiger partial charge in [0.25, 0.3) is 0 Å². The number of hydrogen-bond donors (Lipinski definition) is 1. The fourth-order valence-corrected chi connectivity index (χ4v) is 6.12. The van der Waals surface area contributed by atoms with Crippen molar-refractivity contribution < 1.29 is 45.7 Å². The number of phenolic OH excluding ortho intramolecular Hbond substituents is 1. The molecule has 1 N–H and O–H groups in total. The topological polar surface area (TPSA) is 47.9 Å². The van der Waals surface area contributed by atoms with Crippen LogP contribution in [-0.4, -0.2) is 25.4 Å². The van der Waals surface area contributed by atoms with Gasteiger partial charge >= 0.3 is 12.4 Å². The Morgan fingerprint density at radius 3 is 1.47 bits per heavy atom. The van der Waals surface area contributed by atoms with Crippen molar-refractivity contribution in [3.63, 3.8) is 0 Å². The lowest BCUT2D eigenvalue weighted by atomic mass is 9.85. The maximum atomic E-state index is 14.0. The summed E-state index contributed by atoms with van der Waals surface area (Å²) in [6.45, 7) is 3.52. The van der Waals surface area contributed by atoms with Crippen LogP contribution in [0.1, 0.15) is 25.0 Å². The summed E-state index contributed by atoms with van der Waals surface area (Å²) >= 11 is 0. The highest BCUT2D eigenvalue weighted by Gasteiger charge is 2.34. The van der Waals surface area contributed by atoms with Crippen LogP contribution < -0.4 is 14.2 Å². The predicted molar refractivity (Wildman–Crippen MR) is 178 cm³/mol. The standard InChI is InChI=1S/C39H30F6O4/c1-21(2)49-37-31(29-20-25(39(43,44)45)14-16-33(29)48-4)18-23-10-6-8-12-27(23)35(37)34-26-11-7-5-9-22(26)17-30(36(34)46)28-19-24(38(40,41)42)13-15-32(28)47-3/h5-21,46H,1-4H3. The minimum absolute atomic E-state index is 0.00633. The third kappa shape index (κ3) is 6.19. The van der Waals surface area contributed by atoms with E-state index in [0.717, 1.165) is 24.3 Å². The molecule has 0 saturated carbocycles. The number of methoxy groups -OCH3 is 2. The Morgan fingerprint density at radius 2 is 1.00 bits per heavy atom. The van der Waals surface area contributed by atoms with Crippen molar-refractivity contribution in [1.82, 2.24) is 0 Å². The molecule has 0 aliphatic rings. The highest BCUT2D eigenvalue weighted by Crippen LogP contribution is 2.54. The molecular formula is C39H30F6O4. The maximum Gasteiger partial charge on any atom is 0.416 e. The smallest absolute Gasteiger partial charge is 0.416 e. The van der Waals surface area contributed by atoms with Crippen molar-refractivity contribution in [2.24, 2.45) is 0 Å². The number of fused-ring (bicyclic) bond motifs is 2. The van der Waals surface area contributed by atoms with Gasteiger partial charge < -0.3 is 19.3 Å². The monoisotopic (exact) mass is 676 g/mol. The number of alkyl halides is 6. The molecule has 0 bridgehead atoms. The first-order valence-corrected chi connectivity index (χ1v) is 15.2. The molecule has 0 fully saturated rings. The third-order valence-electron chi connectivity index (χ3n) is 8.26. The number of rotatable bonds is 7. The quantitative estimate of drug-likeness (QED) is 0.171. The van der Waals surface area contributed by atoms with Crippen LogP contribution in [0.25, 0.3) is 54.9 Å². The summed E-state index contributed by atoms with van der Waals surface area (Å²) in [5, 5.41) is 14.6. The highest BCUT2D eigenvalue weighted by atomic mass is 19.4. The van der Waals surface area contributed by atoms with Crippen molar-refractivity contribution in [3.8, 4) is 56.4 Å². The average Bonchev–Trinajstić information content (AvgIpc) is 3.06. The van der Waals surface area contributed by atoms with E-state index in [1.165, 1.54) is 26.4 Å².